The maximum Gasteiger partial charge on any atom is 0.405 e. The lowest BCUT2D eigenvalue weighted by Crippen LogP contribution is -2.46. The molecule has 2 aliphatic rings. The van der Waals surface area contributed by atoms with E-state index in [-0.39, 0.29) is 108 Å². The fourth-order valence-corrected chi connectivity index (χ4v) is 12.6. The number of hydrogen-bond acceptors (Lipinski definition) is 15. The van der Waals surface area contributed by atoms with E-state index in [0.717, 1.165) is 102 Å². The maximum atomic E-state index is 12.8. The molecule has 129 heavy (non-hydrogen) atoms. The van der Waals surface area contributed by atoms with Crippen molar-refractivity contribution in [3.05, 3.63) is 314 Å². The van der Waals surface area contributed by atoms with Crippen LogP contribution < -0.4 is 65.7 Å². The normalized spacial score (nSPS) is 13.6. The molecule has 0 aromatic heterocycles. The first kappa shape index (κ1) is 107. The zero-order chi connectivity index (χ0) is 95.0. The molecule has 0 bridgehead atoms. The van der Waals surface area contributed by atoms with Crippen LogP contribution in [0, 0.1) is 52.6 Å². The Bertz CT molecular complexity index is 4840. The molecule has 9 aromatic carbocycles. The van der Waals surface area contributed by atoms with E-state index in [1.807, 2.05) is 46.2 Å². The van der Waals surface area contributed by atoms with Gasteiger partial charge in [0.1, 0.15) is 53.0 Å². The molecule has 11 rings (SSSR count). The van der Waals surface area contributed by atoms with Gasteiger partial charge < -0.3 is 80.6 Å². The minimum atomic E-state index is -4.47. The van der Waals surface area contributed by atoms with Gasteiger partial charge in [0.05, 0.1) is 50.5 Å². The summed E-state index contributed by atoms with van der Waals surface area (Å²) in [5, 5.41) is 21.5. The van der Waals surface area contributed by atoms with Gasteiger partial charge in [-0.05, 0) is 236 Å². The monoisotopic (exact) mass is 1820 g/mol. The number of primary amides is 1. The van der Waals surface area contributed by atoms with Gasteiger partial charge in [-0.15, -0.1) is 0 Å². The molecule has 0 radical (unpaired) electrons. The topological polar surface area (TPSA) is 389 Å². The summed E-state index contributed by atoms with van der Waals surface area (Å²) in [5.74, 6) is -4.14. The van der Waals surface area contributed by atoms with E-state index < -0.39 is 60.6 Å². The lowest BCUT2D eigenvalue weighted by atomic mass is 10.0. The predicted molar refractivity (Wildman–Crippen MR) is 475 cm³/mol. The Morgan fingerprint density at radius 3 is 0.899 bits per heavy atom. The number of halogens is 11. The molecule has 2 fully saturated rings. The van der Waals surface area contributed by atoms with E-state index in [9.17, 15) is 82.3 Å². The molecule has 34 heteroatoms. The third-order valence-electron chi connectivity index (χ3n) is 19.7. The third kappa shape index (κ3) is 44.5. The van der Waals surface area contributed by atoms with Crippen LogP contribution in [0.1, 0.15) is 96.0 Å². The second kappa shape index (κ2) is 57.7. The standard InChI is InChI=1S/C17H19FN2O2.C16H16ClFN2O.C14H19FN2O.C13H17FN2O.C12H15FN2O2.C12H16FNO2.C11H12F4N2O/c1-22-15-8-4-13(5-9-15)11-20-17(21)16(19)10-12-2-6-14(18)7-3-12;17-13-5-1-12(2-6-13)10-20-16(21)15(19)9-11-3-7-14(18)8-4-11;15-12-6-4-11(5-7-12)10-13(16)14(18)17-8-2-1-3-9-17;14-11-5-3-10(4-6-11)9-12(15)13(17)16-7-1-2-8-16;1-8(12(17)15-7-11(14)16)6-9-2-4-10(13)5-3-9;1-9(12(16)14-6-7-15)8-10-2-4-11(13)5-3-10;12-8-3-1-7(2-4-8)5-9(16)10(18)17-6-11(13,14)15/h2-9,16H,10-11,19H2,1H3,(H,20,21);1-8,15H,9-10,19H2,(H,20,21);4-7,13H,1-3,8-10,16H2;3-6,12H,1-2,7-9,15H2;2-5,8H,6-7H2,1H3,(H2,14,16)(H,15,17);2-5,9,15H,6-8H2,1H3,(H,14,16);1-4,9H,5-6,16H2,(H,17,18). The van der Waals surface area contributed by atoms with Crippen LogP contribution >= 0.6 is 11.6 Å². The minimum absolute atomic E-state index is 0.00632. The second-order valence-electron chi connectivity index (χ2n) is 30.5. The van der Waals surface area contributed by atoms with E-state index in [0.29, 0.717) is 62.2 Å². The van der Waals surface area contributed by atoms with Crippen LogP contribution in [0.4, 0.5) is 43.9 Å². The Morgan fingerprint density at radius 2 is 0.620 bits per heavy atom. The lowest BCUT2D eigenvalue weighted by molar-refractivity contribution is -0.139. The molecule has 8 amide bonds. The van der Waals surface area contributed by atoms with Crippen molar-refractivity contribution in [2.75, 3.05) is 59.5 Å². The van der Waals surface area contributed by atoms with Crippen molar-refractivity contribution in [2.45, 2.75) is 140 Å². The Hall–Kier alpha value is -12.1. The second-order valence-corrected chi connectivity index (χ2v) is 30.9. The number of carbonyl (C=O) groups excluding carboxylic acids is 8. The number of nitrogens with two attached hydrogens (primary N) is 6. The van der Waals surface area contributed by atoms with Gasteiger partial charge in [0.25, 0.3) is 0 Å². The van der Waals surface area contributed by atoms with Crippen LogP contribution in [0.25, 0.3) is 0 Å². The van der Waals surface area contributed by atoms with E-state index in [1.165, 1.54) is 103 Å². The van der Waals surface area contributed by atoms with E-state index in [1.54, 1.807) is 111 Å². The summed E-state index contributed by atoms with van der Waals surface area (Å²) in [5.41, 5.74) is 41.6. The van der Waals surface area contributed by atoms with Crippen molar-refractivity contribution < 1.29 is 92.1 Å². The van der Waals surface area contributed by atoms with Gasteiger partial charge >= 0.3 is 6.18 Å². The maximum absolute atomic E-state index is 12.8. The number of aliphatic hydroxyl groups excluding tert-OH is 1. The quantitative estimate of drug-likeness (QED) is 0.0180. The Kier molecular flexibility index (Phi) is 48.0. The SMILES string of the molecule is CC(Cc1ccc(F)cc1)C(=O)NCC(N)=O.CC(Cc1ccc(F)cc1)C(=O)NCCO.COc1ccc(CNC(=O)C(N)Cc2ccc(F)cc2)cc1.NC(Cc1ccc(F)cc1)C(=O)N1CCCC1.NC(Cc1ccc(F)cc1)C(=O)N1CCCCC1.NC(Cc1ccc(F)cc1)C(=O)NCC(F)(F)F.NC(Cc1ccc(F)cc1)C(=O)NCc1ccc(Cl)cc1. The van der Waals surface area contributed by atoms with Gasteiger partial charge in [0.2, 0.25) is 47.3 Å². The number of benzene rings is 9. The number of ether oxygens (including phenoxy) is 1. The average molecular weight is 1820 g/mol. The third-order valence-corrected chi connectivity index (χ3v) is 19.9. The molecular weight excluding hydrogens is 1710 g/mol. The number of rotatable bonds is 31. The highest BCUT2D eigenvalue weighted by molar-refractivity contribution is 6.30. The summed E-state index contributed by atoms with van der Waals surface area (Å²) in [6.07, 6.45) is 3.76. The first-order valence-electron chi connectivity index (χ1n) is 41.6. The molecule has 9 aromatic rings. The fraction of sp³-hybridized carbons (Fsp3) is 0.347. The Labute approximate surface area is 749 Å². The van der Waals surface area contributed by atoms with Crippen molar-refractivity contribution in [3.63, 3.8) is 0 Å². The number of amides is 8. The van der Waals surface area contributed by atoms with Crippen LogP contribution in [-0.2, 0) is 96.4 Å². The number of carbonyl (C=O) groups is 8. The Morgan fingerprint density at radius 1 is 0.364 bits per heavy atom. The molecular formula is C95H114ClF10N13O10. The number of aliphatic hydroxyl groups is 1. The molecule has 2 heterocycles. The highest BCUT2D eigenvalue weighted by atomic mass is 35.5. The van der Waals surface area contributed by atoms with Crippen LogP contribution in [0.2, 0.25) is 5.02 Å². The number of hydrogen-bond donors (Lipinski definition) is 12. The van der Waals surface area contributed by atoms with Crippen molar-refractivity contribution in [1.82, 2.24) is 36.4 Å². The number of methoxy groups -OCH3 is 1. The largest absolute Gasteiger partial charge is 0.497 e. The van der Waals surface area contributed by atoms with Crippen molar-refractivity contribution >= 4 is 58.9 Å². The summed E-state index contributed by atoms with van der Waals surface area (Å²) in [4.78, 5) is 96.3. The van der Waals surface area contributed by atoms with E-state index >= 15 is 0 Å². The van der Waals surface area contributed by atoms with Gasteiger partial charge in [-0.25, -0.2) is 30.7 Å². The highest BCUT2D eigenvalue weighted by Gasteiger charge is 2.30. The van der Waals surface area contributed by atoms with Crippen LogP contribution in [-0.4, -0.2) is 158 Å². The summed E-state index contributed by atoms with van der Waals surface area (Å²) in [7, 11) is 1.60. The van der Waals surface area contributed by atoms with Crippen molar-refractivity contribution in [1.29, 1.82) is 0 Å². The molecule has 7 unspecified atom stereocenters. The first-order chi connectivity index (χ1) is 61.3. The molecule has 7 atom stereocenters. The average Bonchev–Trinajstić information content (AvgIpc) is 1.82. The Balaban J connectivity index is 0.000000267. The van der Waals surface area contributed by atoms with E-state index in [2.05, 4.69) is 21.3 Å². The number of piperidine rings is 1. The lowest BCUT2D eigenvalue weighted by Gasteiger charge is -2.29. The van der Waals surface area contributed by atoms with Crippen molar-refractivity contribution in [2.24, 2.45) is 46.2 Å². The highest BCUT2D eigenvalue weighted by Crippen LogP contribution is 2.20. The van der Waals surface area contributed by atoms with Gasteiger partial charge in [0, 0.05) is 62.7 Å². The fourth-order valence-electron chi connectivity index (χ4n) is 12.5. The molecule has 18 N–H and O–H groups in total. The molecule has 696 valence electrons. The molecule has 2 saturated heterocycles. The van der Waals surface area contributed by atoms with E-state index in [4.69, 9.17) is 55.8 Å². The zero-order valence-corrected chi connectivity index (χ0v) is 72.8. The predicted octanol–water partition coefficient (Wildman–Crippen LogP) is 10.8. The van der Waals surface area contributed by atoms with Crippen molar-refractivity contribution in [3.8, 4) is 5.75 Å². The molecule has 0 aliphatic carbocycles. The number of nitrogens with one attached hydrogen (secondary N) is 5. The van der Waals surface area contributed by atoms with Gasteiger partial charge in [-0.3, -0.25) is 38.4 Å². The van der Waals surface area contributed by atoms with Gasteiger partial charge in [-0.1, -0.05) is 135 Å². The van der Waals surface area contributed by atoms with Crippen LogP contribution in [0.15, 0.2) is 218 Å². The summed E-state index contributed by atoms with van der Waals surface area (Å²) in [6.45, 7) is 6.23. The molecule has 0 saturated carbocycles. The molecule has 0 spiro atoms. The zero-order valence-electron chi connectivity index (χ0n) is 72.0. The van der Waals surface area contributed by atoms with Gasteiger partial charge in [-0.2, -0.15) is 13.2 Å². The number of nitrogens with zero attached hydrogens (tertiary/aromatic N) is 2. The first-order valence-corrected chi connectivity index (χ1v) is 42.0. The summed E-state index contributed by atoms with van der Waals surface area (Å²) < 4.78 is 130. The molecule has 2 aliphatic heterocycles. The molecule has 23 nitrogen and oxygen atoms in total. The van der Waals surface area contributed by atoms with Crippen LogP contribution in [0.3, 0.4) is 0 Å². The smallest absolute Gasteiger partial charge is 0.405 e. The van der Waals surface area contributed by atoms with Gasteiger partial charge in [0.15, 0.2) is 0 Å². The van der Waals surface area contributed by atoms with Crippen LogP contribution in [0.5, 0.6) is 5.75 Å². The summed E-state index contributed by atoms with van der Waals surface area (Å²) >= 11 is 5.79. The minimum Gasteiger partial charge on any atom is -0.497 e. The summed E-state index contributed by atoms with van der Waals surface area (Å²) in [6, 6.07) is 52.7. The number of likely N-dealkylation sites (tertiary alicyclic amines) is 2. The number of alkyl halides is 3.